The third-order valence-electron chi connectivity index (χ3n) is 5.63. The average molecular weight is 431 g/mol. The van der Waals surface area contributed by atoms with Crippen molar-refractivity contribution >= 4 is 34.2 Å². The molecule has 2 aromatic carbocycles. The number of benzene rings is 2. The predicted molar refractivity (Wildman–Crippen MR) is 131 cm³/mol. The summed E-state index contributed by atoms with van der Waals surface area (Å²) in [4.78, 5) is 4.60. The van der Waals surface area contributed by atoms with Crippen molar-refractivity contribution in [3.05, 3.63) is 53.1 Å². The van der Waals surface area contributed by atoms with E-state index in [4.69, 9.17) is 0 Å². The van der Waals surface area contributed by atoms with Gasteiger partial charge in [-0.05, 0) is 34.6 Å². The summed E-state index contributed by atoms with van der Waals surface area (Å²) in [7, 11) is 1.96. The number of aromatic hydroxyl groups is 1. The van der Waals surface area contributed by atoms with Gasteiger partial charge in [0.15, 0.2) is 5.65 Å². The van der Waals surface area contributed by atoms with Gasteiger partial charge in [-0.1, -0.05) is 59.7 Å². The third kappa shape index (κ3) is 3.90. The minimum Gasteiger partial charge on any atom is -0.507 e. The van der Waals surface area contributed by atoms with E-state index in [0.29, 0.717) is 11.7 Å². The molecule has 4 rings (SSSR count). The molecule has 0 amide bonds. The molecule has 0 spiro atoms. The van der Waals surface area contributed by atoms with Gasteiger partial charge in [0.2, 0.25) is 0 Å². The van der Waals surface area contributed by atoms with Crippen LogP contribution in [0.2, 0.25) is 0 Å². The van der Waals surface area contributed by atoms with Crippen molar-refractivity contribution in [1.29, 1.82) is 0 Å². The Bertz CT molecular complexity index is 1300. The van der Waals surface area contributed by atoms with Crippen molar-refractivity contribution in [2.75, 3.05) is 5.43 Å². The highest BCUT2D eigenvalue weighted by Gasteiger charge is 2.26. The van der Waals surface area contributed by atoms with Crippen molar-refractivity contribution in [3.8, 4) is 5.75 Å². The Morgan fingerprint density at radius 1 is 0.969 bits per heavy atom. The van der Waals surface area contributed by atoms with Crippen LogP contribution < -0.4 is 5.43 Å². The molecule has 2 aromatic heterocycles. The molecule has 7 nitrogen and oxygen atoms in total. The van der Waals surface area contributed by atoms with Gasteiger partial charge in [-0.25, -0.2) is 5.43 Å². The summed E-state index contributed by atoms with van der Waals surface area (Å²) in [6.07, 6.45) is 1.72. The number of aromatic nitrogens is 4. The summed E-state index contributed by atoms with van der Waals surface area (Å²) in [6.45, 7) is 12.5. The number of phenols is 1. The summed E-state index contributed by atoms with van der Waals surface area (Å²) in [5, 5.41) is 24.8. The Balaban J connectivity index is 1.67. The second-order valence-electron chi connectivity index (χ2n) is 10.2. The van der Waals surface area contributed by atoms with Gasteiger partial charge in [0, 0.05) is 23.6 Å². The number of nitrogens with one attached hydrogen (secondary N) is 1. The van der Waals surface area contributed by atoms with E-state index in [9.17, 15) is 5.11 Å². The number of hydrazone groups is 1. The Morgan fingerprint density at radius 2 is 1.59 bits per heavy atom. The Kier molecular flexibility index (Phi) is 5.15. The maximum atomic E-state index is 10.9. The van der Waals surface area contributed by atoms with Crippen molar-refractivity contribution in [2.24, 2.45) is 12.1 Å². The molecule has 0 saturated carbocycles. The summed E-state index contributed by atoms with van der Waals surface area (Å²) in [5.74, 6) is 0.675. The number of hydrogen-bond acceptors (Lipinski definition) is 6. The van der Waals surface area contributed by atoms with Crippen LogP contribution in [0.3, 0.4) is 0 Å². The lowest BCUT2D eigenvalue weighted by Gasteiger charge is -2.27. The van der Waals surface area contributed by atoms with Crippen molar-refractivity contribution in [3.63, 3.8) is 0 Å². The number of nitrogens with zero attached hydrogens (tertiary/aromatic N) is 5. The summed E-state index contributed by atoms with van der Waals surface area (Å²) < 4.78 is 2.00. The van der Waals surface area contributed by atoms with Crippen LogP contribution in [0.4, 0.5) is 5.95 Å². The Hall–Kier alpha value is -3.48. The van der Waals surface area contributed by atoms with Crippen LogP contribution >= 0.6 is 0 Å². The molecule has 0 saturated heterocycles. The second kappa shape index (κ2) is 7.58. The van der Waals surface area contributed by atoms with Gasteiger partial charge in [0.05, 0.1) is 11.7 Å². The van der Waals surface area contributed by atoms with Crippen molar-refractivity contribution in [2.45, 2.75) is 52.4 Å². The van der Waals surface area contributed by atoms with Gasteiger partial charge in [0.25, 0.3) is 5.95 Å². The van der Waals surface area contributed by atoms with Crippen LogP contribution in [-0.4, -0.2) is 31.1 Å². The minimum atomic E-state index is -0.200. The summed E-state index contributed by atoms with van der Waals surface area (Å²) in [6, 6.07) is 12.0. The molecular weight excluding hydrogens is 400 g/mol. The van der Waals surface area contributed by atoms with E-state index in [2.05, 4.69) is 67.3 Å². The molecule has 0 atom stereocenters. The van der Waals surface area contributed by atoms with Crippen LogP contribution in [0.15, 0.2) is 41.5 Å². The van der Waals surface area contributed by atoms with E-state index in [-0.39, 0.29) is 10.8 Å². The quantitative estimate of drug-likeness (QED) is 0.342. The Morgan fingerprint density at radius 3 is 2.22 bits per heavy atom. The van der Waals surface area contributed by atoms with Crippen LogP contribution in [0.25, 0.3) is 22.1 Å². The Labute approximate surface area is 188 Å². The first kappa shape index (κ1) is 21.7. The molecule has 2 heterocycles. The number of phenolic OH excluding ortho intramolecular Hbond substituents is 1. The minimum absolute atomic E-state index is 0.200. The number of fused-ring (bicyclic) bond motifs is 3. The third-order valence-corrected chi connectivity index (χ3v) is 5.63. The van der Waals surface area contributed by atoms with Gasteiger partial charge in [-0.2, -0.15) is 10.1 Å². The predicted octanol–water partition coefficient (Wildman–Crippen LogP) is 5.26. The molecule has 0 unspecified atom stereocenters. The SMILES string of the molecule is Cn1c2ccccc2c2nnc(N/N=C/c3cc(C(C)(C)C)c(O)c(C(C)(C)C)c3)nc21. The lowest BCUT2D eigenvalue weighted by atomic mass is 9.78. The van der Waals surface area contributed by atoms with Crippen molar-refractivity contribution in [1.82, 2.24) is 19.7 Å². The fraction of sp³-hybridized carbons (Fsp3) is 0.360. The van der Waals surface area contributed by atoms with Crippen LogP contribution in [0, 0.1) is 0 Å². The highest BCUT2D eigenvalue weighted by molar-refractivity contribution is 6.04. The lowest BCUT2D eigenvalue weighted by molar-refractivity contribution is 0.423. The zero-order chi connectivity index (χ0) is 23.3. The molecule has 2 N–H and O–H groups in total. The molecule has 0 aliphatic carbocycles. The standard InChI is InChI=1S/C25H30N6O/c1-24(2,3)17-12-15(13-18(21(17)32)25(4,5)6)14-26-29-23-27-22-20(28-30-23)16-10-8-9-11-19(16)31(22)7/h8-14,32H,1-7H3,(H,27,29,30)/b26-14+. The lowest BCUT2D eigenvalue weighted by Crippen LogP contribution is -2.18. The number of aryl methyl sites for hydroxylation is 1. The van der Waals surface area contributed by atoms with Gasteiger partial charge in [-0.15, -0.1) is 10.2 Å². The molecule has 166 valence electrons. The number of rotatable bonds is 3. The van der Waals surface area contributed by atoms with E-state index in [1.807, 2.05) is 48.0 Å². The maximum Gasteiger partial charge on any atom is 0.265 e. The van der Waals surface area contributed by atoms with Crippen molar-refractivity contribution < 1.29 is 5.11 Å². The first-order chi connectivity index (χ1) is 15.0. The van der Waals surface area contributed by atoms with Gasteiger partial charge >= 0.3 is 0 Å². The van der Waals surface area contributed by atoms with E-state index >= 15 is 0 Å². The molecule has 0 aliphatic rings. The van der Waals surface area contributed by atoms with Gasteiger partial charge < -0.3 is 9.67 Å². The topological polar surface area (TPSA) is 88.2 Å². The van der Waals surface area contributed by atoms with Crippen LogP contribution in [0.1, 0.15) is 58.2 Å². The number of para-hydroxylation sites is 1. The van der Waals surface area contributed by atoms with E-state index in [1.54, 1.807) is 6.21 Å². The fourth-order valence-corrected chi connectivity index (χ4v) is 3.89. The zero-order valence-corrected chi connectivity index (χ0v) is 19.7. The van der Waals surface area contributed by atoms with E-state index in [1.165, 1.54) is 0 Å². The molecule has 4 aromatic rings. The zero-order valence-electron chi connectivity index (χ0n) is 19.7. The monoisotopic (exact) mass is 430 g/mol. The van der Waals surface area contributed by atoms with E-state index < -0.39 is 0 Å². The second-order valence-corrected chi connectivity index (χ2v) is 10.2. The largest absolute Gasteiger partial charge is 0.507 e. The first-order valence-corrected chi connectivity index (χ1v) is 10.7. The smallest absolute Gasteiger partial charge is 0.265 e. The molecule has 0 bridgehead atoms. The molecule has 0 radical (unpaired) electrons. The highest BCUT2D eigenvalue weighted by atomic mass is 16.3. The number of anilines is 1. The molecular formula is C25H30N6O. The number of hydrogen-bond donors (Lipinski definition) is 2. The van der Waals surface area contributed by atoms with Crippen LogP contribution in [-0.2, 0) is 17.9 Å². The summed E-state index contributed by atoms with van der Waals surface area (Å²) in [5.41, 5.74) is 7.73. The highest BCUT2D eigenvalue weighted by Crippen LogP contribution is 2.39. The van der Waals surface area contributed by atoms with Crippen LogP contribution in [0.5, 0.6) is 5.75 Å². The first-order valence-electron chi connectivity index (χ1n) is 10.7. The summed E-state index contributed by atoms with van der Waals surface area (Å²) >= 11 is 0. The fourth-order valence-electron chi connectivity index (χ4n) is 3.89. The average Bonchev–Trinajstić information content (AvgIpc) is 2.99. The maximum absolute atomic E-state index is 10.9. The molecule has 0 aliphatic heterocycles. The molecule has 7 heteroatoms. The normalized spacial score (nSPS) is 12.8. The van der Waals surface area contributed by atoms with Gasteiger partial charge in [0.1, 0.15) is 11.3 Å². The van der Waals surface area contributed by atoms with Gasteiger partial charge in [-0.3, -0.25) is 0 Å². The van der Waals surface area contributed by atoms with E-state index in [0.717, 1.165) is 38.8 Å². The molecule has 0 fully saturated rings. The molecule has 32 heavy (non-hydrogen) atoms.